The highest BCUT2D eigenvalue weighted by molar-refractivity contribution is 7.13. The van der Waals surface area contributed by atoms with E-state index >= 15 is 0 Å². The van der Waals surface area contributed by atoms with Crippen LogP contribution in [0.25, 0.3) is 0 Å². The molecule has 0 aromatic rings. The zero-order valence-electron chi connectivity index (χ0n) is 14.0. The first-order chi connectivity index (χ1) is 11.5. The van der Waals surface area contributed by atoms with Crippen LogP contribution < -0.4 is 21.3 Å². The van der Waals surface area contributed by atoms with Gasteiger partial charge >= 0.3 is 0 Å². The molecule has 0 saturated heterocycles. The molecule has 0 spiro atoms. The summed E-state index contributed by atoms with van der Waals surface area (Å²) in [5, 5.41) is 7.71. The Morgan fingerprint density at radius 3 is 2.00 bits per heavy atom. The van der Waals surface area contributed by atoms with E-state index in [0.717, 1.165) is 0 Å². The lowest BCUT2D eigenvalue weighted by molar-refractivity contribution is -0.126. The van der Waals surface area contributed by atoms with E-state index in [0.29, 0.717) is 45.1 Å². The second-order valence-electron chi connectivity index (χ2n) is 4.80. The van der Waals surface area contributed by atoms with Crippen molar-refractivity contribution in [2.24, 2.45) is 0 Å². The standard InChI is InChI=1S/C14H27N4O5P/c1-11(2)14(21)16-6-8-23-10-9-22-7-5-15-12(19)3-4-13(20)17-18-24/h18H,1,3-10,24H2,2H3,(H,15,19)(H,16,21)(H,17,20). The van der Waals surface area contributed by atoms with Gasteiger partial charge in [-0.05, 0) is 16.3 Å². The van der Waals surface area contributed by atoms with Crippen molar-refractivity contribution in [3.05, 3.63) is 12.2 Å². The predicted octanol–water partition coefficient (Wildman–Crippen LogP) is -0.981. The summed E-state index contributed by atoms with van der Waals surface area (Å²) in [5.74, 6) is -0.650. The molecular formula is C14H27N4O5P. The Hall–Kier alpha value is -1.54. The van der Waals surface area contributed by atoms with Gasteiger partial charge < -0.3 is 20.1 Å². The van der Waals surface area contributed by atoms with Gasteiger partial charge in [-0.1, -0.05) is 6.58 Å². The number of carbonyl (C=O) groups excluding carboxylic acids is 3. The molecule has 0 saturated carbocycles. The number of amides is 3. The van der Waals surface area contributed by atoms with Crippen LogP contribution in [0.2, 0.25) is 0 Å². The average molecular weight is 362 g/mol. The van der Waals surface area contributed by atoms with Crippen molar-refractivity contribution in [1.82, 2.24) is 21.3 Å². The minimum Gasteiger partial charge on any atom is -0.377 e. The quantitative estimate of drug-likeness (QED) is 0.137. The van der Waals surface area contributed by atoms with Crippen LogP contribution in [-0.4, -0.2) is 57.2 Å². The molecule has 0 fully saturated rings. The van der Waals surface area contributed by atoms with Gasteiger partial charge in [0.2, 0.25) is 17.7 Å². The third kappa shape index (κ3) is 14.1. The minimum absolute atomic E-state index is 0.115. The number of rotatable bonds is 14. The molecule has 0 heterocycles. The third-order valence-electron chi connectivity index (χ3n) is 2.65. The molecule has 3 amide bonds. The Bertz CT molecular complexity index is 420. The fourth-order valence-electron chi connectivity index (χ4n) is 1.43. The number of nitrogens with one attached hydrogen (secondary N) is 4. The highest BCUT2D eigenvalue weighted by atomic mass is 31.0. The van der Waals surface area contributed by atoms with E-state index in [1.165, 1.54) is 0 Å². The lowest BCUT2D eigenvalue weighted by Gasteiger charge is -2.08. The molecule has 0 aromatic carbocycles. The van der Waals surface area contributed by atoms with Gasteiger partial charge in [0.25, 0.3) is 0 Å². The van der Waals surface area contributed by atoms with Gasteiger partial charge in [-0.2, -0.15) is 0 Å². The van der Waals surface area contributed by atoms with Crippen molar-refractivity contribution in [3.8, 4) is 0 Å². The summed E-state index contributed by atoms with van der Waals surface area (Å²) in [6, 6.07) is 0. The van der Waals surface area contributed by atoms with Crippen LogP contribution in [0.4, 0.5) is 0 Å². The smallest absolute Gasteiger partial charge is 0.246 e. The fourth-order valence-corrected chi connectivity index (χ4v) is 1.59. The van der Waals surface area contributed by atoms with Crippen LogP contribution in [0.15, 0.2) is 12.2 Å². The molecule has 1 unspecified atom stereocenters. The summed E-state index contributed by atoms with van der Waals surface area (Å²) >= 11 is 0. The second kappa shape index (κ2) is 15.0. The van der Waals surface area contributed by atoms with Crippen molar-refractivity contribution >= 4 is 27.1 Å². The second-order valence-corrected chi connectivity index (χ2v) is 5.09. The molecule has 1 atom stereocenters. The maximum Gasteiger partial charge on any atom is 0.246 e. The summed E-state index contributed by atoms with van der Waals surface area (Å²) in [5.41, 5.74) is 2.81. The van der Waals surface area contributed by atoms with Crippen molar-refractivity contribution in [1.29, 1.82) is 0 Å². The van der Waals surface area contributed by atoms with Crippen LogP contribution in [-0.2, 0) is 23.9 Å². The lowest BCUT2D eigenvalue weighted by Crippen LogP contribution is -2.32. The van der Waals surface area contributed by atoms with E-state index in [2.05, 4.69) is 37.2 Å². The summed E-state index contributed by atoms with van der Waals surface area (Å²) in [6.07, 6.45) is 0.237. The van der Waals surface area contributed by atoms with Crippen LogP contribution >= 0.6 is 9.39 Å². The molecule has 10 heteroatoms. The van der Waals surface area contributed by atoms with E-state index in [9.17, 15) is 14.4 Å². The molecule has 0 aromatic heterocycles. The normalized spacial score (nSPS) is 10.1. The molecule has 9 nitrogen and oxygen atoms in total. The summed E-state index contributed by atoms with van der Waals surface area (Å²) in [7, 11) is 2.13. The Balaban J connectivity index is 3.33. The number of ether oxygens (including phenoxy) is 2. The van der Waals surface area contributed by atoms with Crippen LogP contribution in [0.3, 0.4) is 0 Å². The molecule has 0 rings (SSSR count). The number of hydrogen-bond acceptors (Lipinski definition) is 6. The van der Waals surface area contributed by atoms with E-state index in [1.54, 1.807) is 6.92 Å². The van der Waals surface area contributed by atoms with Gasteiger partial charge in [0, 0.05) is 31.5 Å². The van der Waals surface area contributed by atoms with Crippen LogP contribution in [0.5, 0.6) is 0 Å². The fraction of sp³-hybridized carbons (Fsp3) is 0.643. The van der Waals surface area contributed by atoms with Crippen molar-refractivity contribution < 1.29 is 23.9 Å². The maximum absolute atomic E-state index is 11.4. The number of hydrogen-bond donors (Lipinski definition) is 4. The van der Waals surface area contributed by atoms with Crippen LogP contribution in [0.1, 0.15) is 19.8 Å². The SMILES string of the molecule is C=C(C)C(=O)NCCOCCOCCNC(=O)CCC(=O)NNP. The van der Waals surface area contributed by atoms with Gasteiger partial charge in [-0.25, -0.2) is 5.20 Å². The number of hydrazine groups is 1. The van der Waals surface area contributed by atoms with Crippen molar-refractivity contribution in [2.45, 2.75) is 19.8 Å². The largest absolute Gasteiger partial charge is 0.377 e. The molecule has 4 N–H and O–H groups in total. The van der Waals surface area contributed by atoms with E-state index in [1.807, 2.05) is 0 Å². The first kappa shape index (κ1) is 22.5. The molecule has 24 heavy (non-hydrogen) atoms. The molecule has 0 aliphatic carbocycles. The molecular weight excluding hydrogens is 335 g/mol. The summed E-state index contributed by atoms with van der Waals surface area (Å²) < 4.78 is 10.6. The van der Waals surface area contributed by atoms with Gasteiger partial charge in [0.05, 0.1) is 26.4 Å². The van der Waals surface area contributed by atoms with Crippen molar-refractivity contribution in [2.75, 3.05) is 39.5 Å². The zero-order chi connectivity index (χ0) is 18.2. The topological polar surface area (TPSA) is 118 Å². The minimum atomic E-state index is -0.256. The van der Waals surface area contributed by atoms with E-state index in [4.69, 9.17) is 9.47 Å². The molecule has 138 valence electrons. The first-order valence-electron chi connectivity index (χ1n) is 7.57. The zero-order valence-corrected chi connectivity index (χ0v) is 15.1. The van der Waals surface area contributed by atoms with E-state index < -0.39 is 0 Å². The highest BCUT2D eigenvalue weighted by Gasteiger charge is 2.05. The monoisotopic (exact) mass is 362 g/mol. The van der Waals surface area contributed by atoms with Gasteiger partial charge in [0.15, 0.2) is 0 Å². The Morgan fingerprint density at radius 1 is 0.917 bits per heavy atom. The Morgan fingerprint density at radius 2 is 1.46 bits per heavy atom. The van der Waals surface area contributed by atoms with Gasteiger partial charge in [0.1, 0.15) is 0 Å². The van der Waals surface area contributed by atoms with Crippen LogP contribution in [0, 0.1) is 0 Å². The molecule has 0 radical (unpaired) electrons. The molecule has 0 aliphatic heterocycles. The lowest BCUT2D eigenvalue weighted by atomic mass is 10.3. The van der Waals surface area contributed by atoms with Gasteiger partial charge in [-0.15, -0.1) is 0 Å². The van der Waals surface area contributed by atoms with Gasteiger partial charge in [-0.3, -0.25) is 19.8 Å². The Kier molecular flexibility index (Phi) is 14.1. The van der Waals surface area contributed by atoms with E-state index in [-0.39, 0.29) is 30.6 Å². The predicted molar refractivity (Wildman–Crippen MR) is 92.7 cm³/mol. The molecule has 0 aliphatic rings. The average Bonchev–Trinajstić information content (AvgIpc) is 2.54. The summed E-state index contributed by atoms with van der Waals surface area (Å²) in [6.45, 7) is 7.51. The maximum atomic E-state index is 11.4. The third-order valence-corrected chi connectivity index (χ3v) is 2.80. The summed E-state index contributed by atoms with van der Waals surface area (Å²) in [4.78, 5) is 33.7. The first-order valence-corrected chi connectivity index (χ1v) is 8.15. The highest BCUT2D eigenvalue weighted by Crippen LogP contribution is 1.89. The Labute approximate surface area is 144 Å². The van der Waals surface area contributed by atoms with Crippen molar-refractivity contribution in [3.63, 3.8) is 0 Å². The number of carbonyl (C=O) groups is 3. The molecule has 0 bridgehead atoms.